The SMILES string of the molecule is c1ccc2oc(C3=Nn4c(nnc4C4CCCO4)SC3)cc2c1. The molecule has 3 aromatic rings. The third-order valence-corrected chi connectivity index (χ3v) is 5.05. The Balaban J connectivity index is 1.57. The molecule has 1 fully saturated rings. The Morgan fingerprint density at radius 1 is 1.22 bits per heavy atom. The van der Waals surface area contributed by atoms with Gasteiger partial charge < -0.3 is 9.15 Å². The van der Waals surface area contributed by atoms with Crippen molar-refractivity contribution in [3.05, 3.63) is 41.9 Å². The Hall–Kier alpha value is -2.12. The molecular weight excluding hydrogens is 312 g/mol. The van der Waals surface area contributed by atoms with Crippen LogP contribution >= 0.6 is 11.8 Å². The molecule has 6 nitrogen and oxygen atoms in total. The van der Waals surface area contributed by atoms with E-state index in [-0.39, 0.29) is 6.10 Å². The van der Waals surface area contributed by atoms with E-state index < -0.39 is 0 Å². The molecule has 1 saturated heterocycles. The number of aromatic nitrogens is 3. The number of furan rings is 1. The van der Waals surface area contributed by atoms with Crippen LogP contribution < -0.4 is 0 Å². The highest BCUT2D eigenvalue weighted by Crippen LogP contribution is 2.32. The number of thioether (sulfide) groups is 1. The van der Waals surface area contributed by atoms with E-state index in [1.807, 2.05) is 35.0 Å². The zero-order chi connectivity index (χ0) is 15.2. The van der Waals surface area contributed by atoms with E-state index in [9.17, 15) is 0 Å². The molecule has 0 N–H and O–H groups in total. The van der Waals surface area contributed by atoms with Crippen molar-refractivity contribution in [3.63, 3.8) is 0 Å². The van der Waals surface area contributed by atoms with Gasteiger partial charge in [-0.2, -0.15) is 9.78 Å². The maximum Gasteiger partial charge on any atom is 0.212 e. The van der Waals surface area contributed by atoms with Crippen LogP contribution in [0, 0.1) is 0 Å². The fourth-order valence-corrected chi connectivity index (χ4v) is 3.79. The molecule has 2 aliphatic rings. The molecular formula is C16H14N4O2S. The Bertz CT molecular complexity index is 875. The quantitative estimate of drug-likeness (QED) is 0.723. The van der Waals surface area contributed by atoms with Crippen LogP contribution in [0.3, 0.4) is 0 Å². The van der Waals surface area contributed by atoms with Gasteiger partial charge in [-0.1, -0.05) is 30.0 Å². The Labute approximate surface area is 136 Å². The van der Waals surface area contributed by atoms with Crippen LogP contribution in [0.1, 0.15) is 30.5 Å². The van der Waals surface area contributed by atoms with Crippen molar-refractivity contribution >= 4 is 28.4 Å². The molecule has 0 saturated carbocycles. The summed E-state index contributed by atoms with van der Waals surface area (Å²) in [5.41, 5.74) is 1.78. The largest absolute Gasteiger partial charge is 0.455 e. The molecule has 2 aromatic heterocycles. The topological polar surface area (TPSA) is 65.4 Å². The molecule has 23 heavy (non-hydrogen) atoms. The molecule has 0 radical (unpaired) electrons. The van der Waals surface area contributed by atoms with Gasteiger partial charge in [0.2, 0.25) is 5.16 Å². The fourth-order valence-electron chi connectivity index (χ4n) is 2.97. The second kappa shape index (κ2) is 5.21. The van der Waals surface area contributed by atoms with Crippen LogP contribution in [0.15, 0.2) is 45.0 Å². The van der Waals surface area contributed by atoms with Crippen LogP contribution in [0.4, 0.5) is 0 Å². The highest BCUT2D eigenvalue weighted by atomic mass is 32.2. The summed E-state index contributed by atoms with van der Waals surface area (Å²) in [6.07, 6.45) is 2.02. The lowest BCUT2D eigenvalue weighted by Crippen LogP contribution is -2.15. The minimum atomic E-state index is -0.00405. The predicted molar refractivity (Wildman–Crippen MR) is 86.8 cm³/mol. The Morgan fingerprint density at radius 3 is 3.04 bits per heavy atom. The van der Waals surface area contributed by atoms with Crippen molar-refractivity contribution in [2.45, 2.75) is 24.1 Å². The first-order valence-corrected chi connectivity index (χ1v) is 8.63. The van der Waals surface area contributed by atoms with Gasteiger partial charge in [-0.15, -0.1) is 10.2 Å². The molecule has 5 rings (SSSR count). The molecule has 0 bridgehead atoms. The lowest BCUT2D eigenvalue weighted by Gasteiger charge is -2.14. The average Bonchev–Trinajstić information content (AvgIpc) is 3.31. The standard InChI is InChI=1S/C16H14N4O2S/c1-2-5-12-10(4-1)8-14(22-12)11-9-23-16-18-17-15(20(16)19-11)13-6-3-7-21-13/h1-2,4-5,8,13H,3,6-7,9H2. The summed E-state index contributed by atoms with van der Waals surface area (Å²) in [6, 6.07) is 10.0. The van der Waals surface area contributed by atoms with Crippen molar-refractivity contribution in [3.8, 4) is 0 Å². The van der Waals surface area contributed by atoms with Crippen molar-refractivity contribution in [2.75, 3.05) is 12.4 Å². The number of nitrogens with zero attached hydrogens (tertiary/aromatic N) is 4. The van der Waals surface area contributed by atoms with Crippen molar-refractivity contribution in [1.29, 1.82) is 0 Å². The minimum absolute atomic E-state index is 0.00405. The number of para-hydroxylation sites is 1. The van der Waals surface area contributed by atoms with Crippen LogP contribution in [-0.4, -0.2) is 32.9 Å². The first-order chi connectivity index (χ1) is 11.4. The first-order valence-electron chi connectivity index (χ1n) is 7.65. The van der Waals surface area contributed by atoms with Gasteiger partial charge in [0.25, 0.3) is 0 Å². The maximum absolute atomic E-state index is 5.93. The summed E-state index contributed by atoms with van der Waals surface area (Å²) >= 11 is 1.62. The Kier molecular flexibility index (Phi) is 3.02. The molecule has 2 aliphatic heterocycles. The molecule has 7 heteroatoms. The summed E-state index contributed by atoms with van der Waals surface area (Å²) in [4.78, 5) is 0. The summed E-state index contributed by atoms with van der Waals surface area (Å²) < 4.78 is 13.5. The zero-order valence-corrected chi connectivity index (χ0v) is 13.1. The van der Waals surface area contributed by atoms with Gasteiger partial charge in [-0.25, -0.2) is 0 Å². The molecule has 0 amide bonds. The van der Waals surface area contributed by atoms with E-state index in [0.717, 1.165) is 58.6 Å². The first kappa shape index (κ1) is 13.3. The van der Waals surface area contributed by atoms with E-state index in [1.165, 1.54) is 0 Å². The second-order valence-electron chi connectivity index (χ2n) is 5.64. The lowest BCUT2D eigenvalue weighted by atomic mass is 10.2. The number of benzene rings is 1. The number of rotatable bonds is 2. The van der Waals surface area contributed by atoms with Crippen LogP contribution in [0.5, 0.6) is 0 Å². The summed E-state index contributed by atoms with van der Waals surface area (Å²) in [5, 5.41) is 15.1. The fraction of sp³-hybridized carbons (Fsp3) is 0.312. The highest BCUT2D eigenvalue weighted by Gasteiger charge is 2.28. The zero-order valence-electron chi connectivity index (χ0n) is 12.3. The summed E-state index contributed by atoms with van der Waals surface area (Å²) in [6.45, 7) is 0.778. The lowest BCUT2D eigenvalue weighted by molar-refractivity contribution is 0.102. The van der Waals surface area contributed by atoms with Gasteiger partial charge in [0.05, 0.1) is 0 Å². The summed E-state index contributed by atoms with van der Waals surface area (Å²) in [7, 11) is 0. The number of fused-ring (bicyclic) bond motifs is 2. The smallest absolute Gasteiger partial charge is 0.212 e. The van der Waals surface area contributed by atoms with Gasteiger partial charge in [-0.05, 0) is 25.0 Å². The summed E-state index contributed by atoms with van der Waals surface area (Å²) in [5.74, 6) is 2.32. The monoisotopic (exact) mass is 326 g/mol. The van der Waals surface area contributed by atoms with Gasteiger partial charge in [-0.3, -0.25) is 0 Å². The van der Waals surface area contributed by atoms with E-state index in [2.05, 4.69) is 10.2 Å². The van der Waals surface area contributed by atoms with E-state index in [4.69, 9.17) is 14.3 Å². The number of hydrogen-bond acceptors (Lipinski definition) is 6. The Morgan fingerprint density at radius 2 is 2.17 bits per heavy atom. The van der Waals surface area contributed by atoms with Gasteiger partial charge in [0.1, 0.15) is 17.4 Å². The molecule has 0 spiro atoms. The van der Waals surface area contributed by atoms with Gasteiger partial charge in [0, 0.05) is 17.7 Å². The molecule has 0 aliphatic carbocycles. The average molecular weight is 326 g/mol. The maximum atomic E-state index is 5.93. The second-order valence-corrected chi connectivity index (χ2v) is 6.58. The van der Waals surface area contributed by atoms with Gasteiger partial charge >= 0.3 is 0 Å². The van der Waals surface area contributed by atoms with Gasteiger partial charge in [0.15, 0.2) is 11.6 Å². The van der Waals surface area contributed by atoms with Crippen LogP contribution in [-0.2, 0) is 4.74 Å². The third-order valence-electron chi connectivity index (χ3n) is 4.12. The molecule has 116 valence electrons. The minimum Gasteiger partial charge on any atom is -0.455 e. The predicted octanol–water partition coefficient (Wildman–Crippen LogP) is 3.23. The molecule has 4 heterocycles. The van der Waals surface area contributed by atoms with Crippen molar-refractivity contribution in [1.82, 2.24) is 14.9 Å². The highest BCUT2D eigenvalue weighted by molar-refractivity contribution is 7.99. The van der Waals surface area contributed by atoms with Crippen LogP contribution in [0.2, 0.25) is 0 Å². The molecule has 1 unspecified atom stereocenters. The third kappa shape index (κ3) is 2.19. The number of hydrogen-bond donors (Lipinski definition) is 0. The van der Waals surface area contributed by atoms with Crippen molar-refractivity contribution < 1.29 is 9.15 Å². The van der Waals surface area contributed by atoms with E-state index >= 15 is 0 Å². The van der Waals surface area contributed by atoms with Crippen LogP contribution in [0.25, 0.3) is 11.0 Å². The number of ether oxygens (including phenoxy) is 1. The normalized spacial score (nSPS) is 20.7. The van der Waals surface area contributed by atoms with E-state index in [1.54, 1.807) is 11.8 Å². The molecule has 1 atom stereocenters. The van der Waals surface area contributed by atoms with Crippen molar-refractivity contribution in [2.24, 2.45) is 5.10 Å². The molecule has 1 aromatic carbocycles. The van der Waals surface area contributed by atoms with E-state index in [0.29, 0.717) is 0 Å².